The summed E-state index contributed by atoms with van der Waals surface area (Å²) in [5.41, 5.74) is 4.00. The Balaban J connectivity index is 1.43. The van der Waals surface area contributed by atoms with E-state index in [1.807, 2.05) is 42.5 Å². The molecule has 2 N–H and O–H groups in total. The molecule has 148 valence electrons. The Morgan fingerprint density at radius 1 is 1.10 bits per heavy atom. The van der Waals surface area contributed by atoms with Gasteiger partial charge >= 0.3 is 6.09 Å². The third-order valence-corrected chi connectivity index (χ3v) is 4.89. The fourth-order valence-electron chi connectivity index (χ4n) is 3.49. The van der Waals surface area contributed by atoms with Crippen LogP contribution in [0.5, 0.6) is 17.2 Å². The van der Waals surface area contributed by atoms with Gasteiger partial charge in [-0.1, -0.05) is 24.3 Å². The second-order valence-electron chi connectivity index (χ2n) is 6.85. The standard InChI is InChI=1S/C23H22N2O4/c1-28-22-13-16(7-10-21(22)26)15-25-12-11-17-14-19(8-9-20(17)25)29-23(27)24-18-5-3-2-4-6-18/h2-10,13-14,26H,11-12,15H2,1H3,(H,24,27). The van der Waals surface area contributed by atoms with Crippen molar-refractivity contribution >= 4 is 17.5 Å². The average Bonchev–Trinajstić information content (AvgIpc) is 3.12. The van der Waals surface area contributed by atoms with Crippen LogP contribution in [0.25, 0.3) is 0 Å². The van der Waals surface area contributed by atoms with E-state index in [2.05, 4.69) is 10.2 Å². The highest BCUT2D eigenvalue weighted by atomic mass is 16.6. The molecule has 1 aliphatic rings. The van der Waals surface area contributed by atoms with Gasteiger partial charge in [0.15, 0.2) is 11.5 Å². The summed E-state index contributed by atoms with van der Waals surface area (Å²) in [6.45, 7) is 1.58. The number of phenols is 1. The van der Waals surface area contributed by atoms with Gasteiger partial charge in [-0.2, -0.15) is 0 Å². The molecule has 0 aliphatic carbocycles. The minimum absolute atomic E-state index is 0.133. The van der Waals surface area contributed by atoms with Crippen LogP contribution >= 0.6 is 0 Å². The van der Waals surface area contributed by atoms with Crippen molar-refractivity contribution in [2.75, 3.05) is 23.9 Å². The van der Waals surface area contributed by atoms with Gasteiger partial charge in [0, 0.05) is 24.5 Å². The molecular formula is C23H22N2O4. The van der Waals surface area contributed by atoms with Crippen LogP contribution < -0.4 is 19.7 Å². The lowest BCUT2D eigenvalue weighted by Crippen LogP contribution is -2.19. The number of carbonyl (C=O) groups excluding carboxylic acids is 1. The van der Waals surface area contributed by atoms with E-state index in [-0.39, 0.29) is 5.75 Å². The zero-order chi connectivity index (χ0) is 20.2. The Morgan fingerprint density at radius 2 is 1.93 bits per heavy atom. The van der Waals surface area contributed by atoms with Crippen LogP contribution in [-0.2, 0) is 13.0 Å². The minimum atomic E-state index is -0.512. The van der Waals surface area contributed by atoms with Crippen LogP contribution in [0.4, 0.5) is 16.2 Å². The van der Waals surface area contributed by atoms with E-state index in [9.17, 15) is 9.90 Å². The Labute approximate surface area is 169 Å². The Kier molecular flexibility index (Phi) is 5.24. The normalized spacial score (nSPS) is 12.4. The summed E-state index contributed by atoms with van der Waals surface area (Å²) < 4.78 is 10.6. The molecule has 1 aliphatic heterocycles. The number of fused-ring (bicyclic) bond motifs is 1. The molecule has 0 unspecified atom stereocenters. The maximum absolute atomic E-state index is 12.1. The first kappa shape index (κ1) is 18.7. The van der Waals surface area contributed by atoms with Gasteiger partial charge in [-0.15, -0.1) is 0 Å². The quantitative estimate of drug-likeness (QED) is 0.668. The van der Waals surface area contributed by atoms with Crippen LogP contribution in [0.15, 0.2) is 66.7 Å². The number of nitrogens with one attached hydrogen (secondary N) is 1. The SMILES string of the molecule is COc1cc(CN2CCc3cc(OC(=O)Nc4ccccc4)ccc32)ccc1O. The number of methoxy groups -OCH3 is 1. The maximum atomic E-state index is 12.1. The first-order valence-corrected chi connectivity index (χ1v) is 9.40. The van der Waals surface area contributed by atoms with Crippen LogP contribution in [0.2, 0.25) is 0 Å². The number of benzene rings is 3. The number of hydrogen-bond donors (Lipinski definition) is 2. The zero-order valence-electron chi connectivity index (χ0n) is 16.1. The molecule has 1 heterocycles. The van der Waals surface area contributed by atoms with Crippen molar-refractivity contribution in [3.05, 3.63) is 77.9 Å². The molecule has 0 atom stereocenters. The van der Waals surface area contributed by atoms with Gasteiger partial charge in [-0.05, 0) is 60.0 Å². The largest absolute Gasteiger partial charge is 0.504 e. The van der Waals surface area contributed by atoms with Crippen LogP contribution in [0.1, 0.15) is 11.1 Å². The lowest BCUT2D eigenvalue weighted by molar-refractivity contribution is 0.215. The van der Waals surface area contributed by atoms with Crippen LogP contribution in [0, 0.1) is 0 Å². The van der Waals surface area contributed by atoms with Gasteiger partial charge in [0.25, 0.3) is 0 Å². The van der Waals surface area contributed by atoms with E-state index in [0.29, 0.717) is 23.7 Å². The van der Waals surface area contributed by atoms with Gasteiger partial charge in [0.2, 0.25) is 0 Å². The maximum Gasteiger partial charge on any atom is 0.417 e. The Morgan fingerprint density at radius 3 is 2.72 bits per heavy atom. The minimum Gasteiger partial charge on any atom is -0.504 e. The number of aromatic hydroxyl groups is 1. The predicted molar refractivity (Wildman–Crippen MR) is 112 cm³/mol. The topological polar surface area (TPSA) is 71.0 Å². The third kappa shape index (κ3) is 4.27. The van der Waals surface area contributed by atoms with Gasteiger partial charge in [0.1, 0.15) is 5.75 Å². The Hall–Kier alpha value is -3.67. The van der Waals surface area contributed by atoms with E-state index >= 15 is 0 Å². The zero-order valence-corrected chi connectivity index (χ0v) is 16.1. The van der Waals surface area contributed by atoms with Crippen molar-refractivity contribution in [1.29, 1.82) is 0 Å². The van der Waals surface area contributed by atoms with E-state index in [4.69, 9.17) is 9.47 Å². The number of carbonyl (C=O) groups is 1. The van der Waals surface area contributed by atoms with Gasteiger partial charge in [0.05, 0.1) is 7.11 Å². The molecule has 1 amide bonds. The van der Waals surface area contributed by atoms with E-state index in [1.54, 1.807) is 31.4 Å². The molecule has 0 saturated heterocycles. The number of ether oxygens (including phenoxy) is 2. The molecule has 0 bridgehead atoms. The van der Waals surface area contributed by atoms with Gasteiger partial charge in [-0.3, -0.25) is 5.32 Å². The lowest BCUT2D eigenvalue weighted by Gasteiger charge is -2.20. The first-order valence-electron chi connectivity index (χ1n) is 9.40. The highest BCUT2D eigenvalue weighted by Crippen LogP contribution is 2.34. The van der Waals surface area contributed by atoms with Crippen molar-refractivity contribution < 1.29 is 19.4 Å². The smallest absolute Gasteiger partial charge is 0.417 e. The number of phenolic OH excluding ortho intramolecular Hbond substituents is 1. The van der Waals surface area contributed by atoms with E-state index < -0.39 is 6.09 Å². The predicted octanol–water partition coefficient (Wildman–Crippen LogP) is 4.57. The molecular weight excluding hydrogens is 368 g/mol. The van der Waals surface area contributed by atoms with Crippen LogP contribution in [-0.4, -0.2) is 24.9 Å². The molecule has 6 nitrogen and oxygen atoms in total. The monoisotopic (exact) mass is 390 g/mol. The van der Waals surface area contributed by atoms with Gasteiger partial charge < -0.3 is 19.5 Å². The molecule has 4 rings (SSSR count). The van der Waals surface area contributed by atoms with Crippen molar-refractivity contribution in [3.8, 4) is 17.2 Å². The number of rotatable bonds is 5. The van der Waals surface area contributed by atoms with Crippen molar-refractivity contribution in [2.24, 2.45) is 0 Å². The summed E-state index contributed by atoms with van der Waals surface area (Å²) in [5.74, 6) is 1.12. The second kappa shape index (κ2) is 8.14. The molecule has 29 heavy (non-hydrogen) atoms. The fourth-order valence-corrected chi connectivity index (χ4v) is 3.49. The fraction of sp³-hybridized carbons (Fsp3) is 0.174. The summed E-state index contributed by atoms with van der Waals surface area (Å²) in [5, 5.41) is 12.5. The third-order valence-electron chi connectivity index (χ3n) is 4.89. The number of nitrogens with zero attached hydrogens (tertiary/aromatic N) is 1. The summed E-state index contributed by atoms with van der Waals surface area (Å²) >= 11 is 0. The second-order valence-corrected chi connectivity index (χ2v) is 6.85. The summed E-state index contributed by atoms with van der Waals surface area (Å²) in [6, 6.07) is 20.3. The highest BCUT2D eigenvalue weighted by molar-refractivity contribution is 5.86. The van der Waals surface area contributed by atoms with E-state index in [1.165, 1.54) is 0 Å². The summed E-state index contributed by atoms with van der Waals surface area (Å²) in [7, 11) is 1.54. The highest BCUT2D eigenvalue weighted by Gasteiger charge is 2.21. The Bertz CT molecular complexity index is 1020. The van der Waals surface area contributed by atoms with Crippen LogP contribution in [0.3, 0.4) is 0 Å². The molecule has 0 saturated carbocycles. The van der Waals surface area contributed by atoms with E-state index in [0.717, 1.165) is 29.8 Å². The number of hydrogen-bond acceptors (Lipinski definition) is 5. The van der Waals surface area contributed by atoms with Crippen molar-refractivity contribution in [3.63, 3.8) is 0 Å². The summed E-state index contributed by atoms with van der Waals surface area (Å²) in [4.78, 5) is 14.4. The number of anilines is 2. The molecule has 0 spiro atoms. The lowest BCUT2D eigenvalue weighted by atomic mass is 10.1. The number of para-hydroxylation sites is 1. The molecule has 3 aromatic rings. The molecule has 6 heteroatoms. The first-order chi connectivity index (χ1) is 14.1. The number of amides is 1. The van der Waals surface area contributed by atoms with Gasteiger partial charge in [-0.25, -0.2) is 4.79 Å². The molecule has 0 radical (unpaired) electrons. The van der Waals surface area contributed by atoms with Crippen molar-refractivity contribution in [1.82, 2.24) is 0 Å². The molecule has 0 fully saturated rings. The summed E-state index contributed by atoms with van der Waals surface area (Å²) in [6.07, 6.45) is 0.365. The molecule has 3 aromatic carbocycles. The average molecular weight is 390 g/mol. The molecule has 0 aromatic heterocycles. The van der Waals surface area contributed by atoms with Crippen molar-refractivity contribution in [2.45, 2.75) is 13.0 Å².